The zero-order chi connectivity index (χ0) is 14.2. The van der Waals surface area contributed by atoms with E-state index in [0.717, 1.165) is 12.4 Å². The molecule has 4 atom stereocenters. The monoisotopic (exact) mass is 263 g/mol. The molecule has 2 aliphatic carbocycles. The quantitative estimate of drug-likeness (QED) is 0.346. The van der Waals surface area contributed by atoms with Crippen LogP contribution in [0.1, 0.15) is 6.42 Å². The van der Waals surface area contributed by atoms with Gasteiger partial charge in [0.25, 0.3) is 0 Å². The molecule has 1 saturated carbocycles. The first kappa shape index (κ1) is 13.8. The molecule has 0 amide bonds. The number of allylic oxidation sites excluding steroid dienone is 1. The van der Waals surface area contributed by atoms with Gasteiger partial charge in [-0.1, -0.05) is 6.08 Å². The maximum Gasteiger partial charge on any atom is 0.446 e. The van der Waals surface area contributed by atoms with Crippen molar-refractivity contribution in [1.82, 2.24) is 4.90 Å². The Balaban J connectivity index is 2.33. The summed E-state index contributed by atoms with van der Waals surface area (Å²) in [6, 6.07) is 0.780. The zero-order valence-electron chi connectivity index (χ0n) is 12.1. The molecule has 2 aliphatic rings. The van der Waals surface area contributed by atoms with Crippen molar-refractivity contribution < 1.29 is 9.31 Å². The van der Waals surface area contributed by atoms with Gasteiger partial charge in [0.05, 0.1) is 28.2 Å². The summed E-state index contributed by atoms with van der Waals surface area (Å²) in [5, 5.41) is 15.3. The lowest BCUT2D eigenvalue weighted by atomic mass is 9.82. The van der Waals surface area contributed by atoms with Crippen molar-refractivity contribution in [3.63, 3.8) is 0 Å². The number of amidine groups is 1. The van der Waals surface area contributed by atoms with Crippen LogP contribution >= 0.6 is 0 Å². The largest absolute Gasteiger partial charge is 0.446 e. The second-order valence-electron chi connectivity index (χ2n) is 5.79. The summed E-state index contributed by atoms with van der Waals surface area (Å²) in [6.07, 6.45) is 8.00. The minimum atomic E-state index is -0.460. The smallest absolute Gasteiger partial charge is 0.420 e. The van der Waals surface area contributed by atoms with E-state index >= 15 is 0 Å². The molecule has 104 valence electrons. The Labute approximate surface area is 114 Å². The maximum atomic E-state index is 7.69. The first-order valence-electron chi connectivity index (χ1n) is 6.56. The lowest BCUT2D eigenvalue weighted by Crippen LogP contribution is -2.45. The topological polar surface area (TPSA) is 63.2 Å². The van der Waals surface area contributed by atoms with Crippen LogP contribution < -0.4 is 0 Å². The molecule has 5 heteroatoms. The number of nitrogens with one attached hydrogen (secondary N) is 2. The van der Waals surface area contributed by atoms with E-state index in [1.807, 2.05) is 37.7 Å². The van der Waals surface area contributed by atoms with E-state index in [2.05, 4.69) is 12.2 Å². The lowest BCUT2D eigenvalue weighted by molar-refractivity contribution is -0.482. The highest BCUT2D eigenvalue weighted by Gasteiger charge is 2.56. The molecule has 0 aromatic heterocycles. The molecule has 5 nitrogen and oxygen atoms in total. The summed E-state index contributed by atoms with van der Waals surface area (Å²) >= 11 is 0. The molecule has 1 fully saturated rings. The standard InChI is InChI=1S/C14H23N4O/c1-17(2)13(18(3)4)19-14-6-5-10(7-14)11(8-15)12(14)9-16/h5-6,8-12,15-16H,7H2,1-4H3/q+1. The first-order chi connectivity index (χ1) is 8.95. The van der Waals surface area contributed by atoms with Gasteiger partial charge in [-0.05, 0) is 24.6 Å². The van der Waals surface area contributed by atoms with Gasteiger partial charge in [0.15, 0.2) is 0 Å². The Morgan fingerprint density at radius 2 is 2.05 bits per heavy atom. The van der Waals surface area contributed by atoms with Gasteiger partial charge in [-0.2, -0.15) is 0 Å². The van der Waals surface area contributed by atoms with E-state index in [1.54, 1.807) is 0 Å². The molecule has 19 heavy (non-hydrogen) atoms. The number of nitrogens with zero attached hydrogens (tertiary/aromatic N) is 2. The van der Waals surface area contributed by atoms with Crippen molar-refractivity contribution in [2.45, 2.75) is 12.0 Å². The van der Waals surface area contributed by atoms with Gasteiger partial charge in [-0.15, -0.1) is 0 Å². The van der Waals surface area contributed by atoms with Crippen LogP contribution in [0.3, 0.4) is 0 Å². The summed E-state index contributed by atoms with van der Waals surface area (Å²) in [5.41, 5.74) is -0.460. The molecule has 0 aromatic rings. The fraction of sp³-hybridized carbons (Fsp3) is 0.643. The normalized spacial score (nSPS) is 35.1. The Hall–Kier alpha value is -1.65. The van der Waals surface area contributed by atoms with Crippen molar-refractivity contribution in [2.24, 2.45) is 17.8 Å². The van der Waals surface area contributed by atoms with Crippen LogP contribution in [0, 0.1) is 28.6 Å². The minimum Gasteiger partial charge on any atom is -0.420 e. The summed E-state index contributed by atoms with van der Waals surface area (Å²) in [6.45, 7) is 0. The van der Waals surface area contributed by atoms with Crippen molar-refractivity contribution in [1.29, 1.82) is 10.8 Å². The number of hydrogen-bond donors (Lipinski definition) is 2. The second kappa shape index (κ2) is 4.79. The van der Waals surface area contributed by atoms with E-state index in [0.29, 0.717) is 5.92 Å². The highest BCUT2D eigenvalue weighted by Crippen LogP contribution is 2.51. The molecule has 4 unspecified atom stereocenters. The van der Waals surface area contributed by atoms with Gasteiger partial charge in [0, 0.05) is 18.1 Å². The summed E-state index contributed by atoms with van der Waals surface area (Å²) in [4.78, 5) is 1.94. The van der Waals surface area contributed by atoms with Crippen LogP contribution in [0.4, 0.5) is 0 Å². The average Bonchev–Trinajstić information content (AvgIpc) is 2.90. The lowest BCUT2D eigenvalue weighted by Gasteiger charge is -2.32. The van der Waals surface area contributed by atoms with E-state index in [9.17, 15) is 0 Å². The molecule has 2 rings (SSSR count). The van der Waals surface area contributed by atoms with Crippen LogP contribution in [-0.2, 0) is 4.74 Å². The third kappa shape index (κ3) is 2.07. The van der Waals surface area contributed by atoms with Gasteiger partial charge >= 0.3 is 6.02 Å². The van der Waals surface area contributed by atoms with Gasteiger partial charge in [-0.25, -0.2) is 9.48 Å². The van der Waals surface area contributed by atoms with Gasteiger partial charge in [0.2, 0.25) is 0 Å². The zero-order valence-corrected chi connectivity index (χ0v) is 12.1. The number of fused-ring (bicyclic) bond motifs is 2. The van der Waals surface area contributed by atoms with Crippen molar-refractivity contribution in [2.75, 3.05) is 28.2 Å². The van der Waals surface area contributed by atoms with Crippen molar-refractivity contribution in [3.8, 4) is 0 Å². The SMILES string of the molecule is CN(C)C(OC12C=CC(C1)C(C=N)C2C=N)=[N+](C)C. The Kier molecular flexibility index (Phi) is 3.47. The molecule has 2 N–H and O–H groups in total. The molecular formula is C14H23N4O+. The summed E-state index contributed by atoms with van der Waals surface area (Å²) in [5.74, 6) is 0.373. The van der Waals surface area contributed by atoms with Crippen LogP contribution in [0.2, 0.25) is 0 Å². The third-order valence-electron chi connectivity index (χ3n) is 4.07. The van der Waals surface area contributed by atoms with E-state index in [4.69, 9.17) is 15.6 Å². The summed E-state index contributed by atoms with van der Waals surface area (Å²) in [7, 11) is 7.80. The number of hydrogen-bond acceptors (Lipinski definition) is 3. The Bertz CT molecular complexity index is 450. The molecule has 0 saturated heterocycles. The van der Waals surface area contributed by atoms with Crippen LogP contribution in [0.15, 0.2) is 12.2 Å². The first-order valence-corrected chi connectivity index (χ1v) is 6.56. The molecule has 0 spiro atoms. The highest BCUT2D eigenvalue weighted by molar-refractivity contribution is 5.75. The Morgan fingerprint density at radius 3 is 2.53 bits per heavy atom. The van der Waals surface area contributed by atoms with Crippen LogP contribution in [-0.4, -0.2) is 61.7 Å². The molecule has 0 aromatic carbocycles. The predicted octanol–water partition coefficient (Wildman–Crippen LogP) is 1.05. The molecule has 0 aliphatic heterocycles. The van der Waals surface area contributed by atoms with Gasteiger partial charge < -0.3 is 15.6 Å². The fourth-order valence-electron chi connectivity index (χ4n) is 3.27. The average molecular weight is 263 g/mol. The molecule has 2 bridgehead atoms. The van der Waals surface area contributed by atoms with Gasteiger partial charge in [-0.3, -0.25) is 0 Å². The number of ether oxygens (including phenoxy) is 1. The molecular weight excluding hydrogens is 240 g/mol. The molecule has 0 heterocycles. The highest BCUT2D eigenvalue weighted by atomic mass is 16.5. The van der Waals surface area contributed by atoms with Crippen LogP contribution in [0.5, 0.6) is 0 Å². The van der Waals surface area contributed by atoms with E-state index in [1.165, 1.54) is 12.4 Å². The van der Waals surface area contributed by atoms with E-state index < -0.39 is 5.60 Å². The van der Waals surface area contributed by atoms with Crippen molar-refractivity contribution in [3.05, 3.63) is 12.2 Å². The number of rotatable bonds is 3. The van der Waals surface area contributed by atoms with Crippen LogP contribution in [0.25, 0.3) is 0 Å². The maximum absolute atomic E-state index is 7.69. The van der Waals surface area contributed by atoms with Crippen molar-refractivity contribution >= 4 is 18.5 Å². The minimum absolute atomic E-state index is 0.0464. The molecule has 0 radical (unpaired) electrons. The van der Waals surface area contributed by atoms with Gasteiger partial charge in [0.1, 0.15) is 5.60 Å². The summed E-state index contributed by atoms with van der Waals surface area (Å²) < 4.78 is 8.21. The predicted molar refractivity (Wildman–Crippen MR) is 76.4 cm³/mol. The van der Waals surface area contributed by atoms with E-state index in [-0.39, 0.29) is 11.8 Å². The third-order valence-corrected chi connectivity index (χ3v) is 4.07. The second-order valence-corrected chi connectivity index (χ2v) is 5.79. The fourth-order valence-corrected chi connectivity index (χ4v) is 3.27. The Morgan fingerprint density at radius 1 is 1.37 bits per heavy atom.